The first-order valence-corrected chi connectivity index (χ1v) is 7.58. The van der Waals surface area contributed by atoms with Gasteiger partial charge in [0.25, 0.3) is 0 Å². The summed E-state index contributed by atoms with van der Waals surface area (Å²) < 4.78 is 5.11. The number of carbonyl (C=O) groups excluding carboxylic acids is 2. The number of methoxy groups -OCH3 is 1. The number of anilines is 1. The van der Waals surface area contributed by atoms with Crippen molar-refractivity contribution in [3.63, 3.8) is 0 Å². The zero-order chi connectivity index (χ0) is 17.1. The Morgan fingerprint density at radius 2 is 1.96 bits per heavy atom. The van der Waals surface area contributed by atoms with E-state index < -0.39 is 0 Å². The Balaban J connectivity index is 1.76. The zero-order valence-electron chi connectivity index (χ0n) is 13.6. The van der Waals surface area contributed by atoms with Gasteiger partial charge in [-0.05, 0) is 47.5 Å². The van der Waals surface area contributed by atoms with Crippen molar-refractivity contribution in [2.24, 2.45) is 0 Å². The van der Waals surface area contributed by atoms with E-state index in [0.29, 0.717) is 12.1 Å². The van der Waals surface area contributed by atoms with Gasteiger partial charge in [0.15, 0.2) is 5.78 Å². The molecule has 24 heavy (non-hydrogen) atoms. The van der Waals surface area contributed by atoms with Crippen LogP contribution >= 0.6 is 0 Å². The van der Waals surface area contributed by atoms with Crippen LogP contribution in [-0.2, 0) is 6.54 Å². The van der Waals surface area contributed by atoms with Crippen molar-refractivity contribution in [1.29, 1.82) is 0 Å². The highest BCUT2D eigenvalue weighted by molar-refractivity contribution is 6.07. The first kappa shape index (κ1) is 15.8. The SMILES string of the molecule is COc1ccc(/C=C/C(=O)c2ccc3c(c2)CN(C)C(=O)N3)cc1. The minimum atomic E-state index is -0.138. The number of allylic oxidation sites excluding steroid dienone is 1. The Kier molecular flexibility index (Phi) is 4.33. The van der Waals surface area contributed by atoms with Gasteiger partial charge in [0.2, 0.25) is 0 Å². The predicted octanol–water partition coefficient (Wildman–Crippen LogP) is 3.57. The van der Waals surface area contributed by atoms with Crippen LogP contribution in [0.3, 0.4) is 0 Å². The number of fused-ring (bicyclic) bond motifs is 1. The molecule has 0 aromatic heterocycles. The van der Waals surface area contributed by atoms with E-state index in [1.54, 1.807) is 43.3 Å². The number of benzene rings is 2. The van der Waals surface area contributed by atoms with Crippen LogP contribution < -0.4 is 10.1 Å². The summed E-state index contributed by atoms with van der Waals surface area (Å²) in [4.78, 5) is 25.5. The maximum atomic E-state index is 12.4. The Bertz CT molecular complexity index is 810. The van der Waals surface area contributed by atoms with Crippen molar-refractivity contribution in [2.45, 2.75) is 6.54 Å². The average molecular weight is 322 g/mol. The fourth-order valence-electron chi connectivity index (χ4n) is 2.52. The molecule has 0 atom stereocenters. The molecule has 1 N–H and O–H groups in total. The van der Waals surface area contributed by atoms with Gasteiger partial charge >= 0.3 is 6.03 Å². The fourth-order valence-corrected chi connectivity index (χ4v) is 2.52. The van der Waals surface area contributed by atoms with Crippen LogP contribution in [0.2, 0.25) is 0 Å². The first-order valence-electron chi connectivity index (χ1n) is 7.58. The standard InChI is InChI=1S/C19H18N2O3/c1-21-12-15-11-14(6-9-17(15)20-19(21)23)18(22)10-5-13-3-7-16(24-2)8-4-13/h3-11H,12H2,1-2H3,(H,20,23)/b10-5+. The number of hydrogen-bond donors (Lipinski definition) is 1. The van der Waals surface area contributed by atoms with E-state index in [0.717, 1.165) is 22.6 Å². The van der Waals surface area contributed by atoms with Crippen LogP contribution in [0.25, 0.3) is 6.08 Å². The molecule has 5 heteroatoms. The summed E-state index contributed by atoms with van der Waals surface area (Å²) in [7, 11) is 3.33. The Morgan fingerprint density at radius 1 is 1.21 bits per heavy atom. The van der Waals surface area contributed by atoms with E-state index in [4.69, 9.17) is 4.74 Å². The molecule has 122 valence electrons. The van der Waals surface area contributed by atoms with E-state index in [9.17, 15) is 9.59 Å². The summed E-state index contributed by atoms with van der Waals surface area (Å²) >= 11 is 0. The van der Waals surface area contributed by atoms with Gasteiger partial charge in [-0.3, -0.25) is 4.79 Å². The highest BCUT2D eigenvalue weighted by Gasteiger charge is 2.19. The lowest BCUT2D eigenvalue weighted by atomic mass is 10.0. The monoisotopic (exact) mass is 322 g/mol. The average Bonchev–Trinajstić information content (AvgIpc) is 2.60. The maximum absolute atomic E-state index is 12.4. The number of ketones is 1. The molecule has 0 aliphatic carbocycles. The highest BCUT2D eigenvalue weighted by atomic mass is 16.5. The molecule has 0 saturated heterocycles. The number of amides is 2. The number of rotatable bonds is 4. The van der Waals surface area contributed by atoms with Crippen molar-refractivity contribution in [3.8, 4) is 5.75 Å². The molecule has 1 aliphatic heterocycles. The van der Waals surface area contributed by atoms with Crippen molar-refractivity contribution in [3.05, 3.63) is 65.2 Å². The Labute approximate surface area is 140 Å². The van der Waals surface area contributed by atoms with Gasteiger partial charge in [-0.1, -0.05) is 18.2 Å². The summed E-state index contributed by atoms with van der Waals surface area (Å²) in [5, 5.41) is 2.79. The predicted molar refractivity (Wildman–Crippen MR) is 93.3 cm³/mol. The third-order valence-electron chi connectivity index (χ3n) is 3.93. The smallest absolute Gasteiger partial charge is 0.321 e. The minimum absolute atomic E-state index is 0.0758. The maximum Gasteiger partial charge on any atom is 0.321 e. The van der Waals surface area contributed by atoms with E-state index >= 15 is 0 Å². The molecule has 0 saturated carbocycles. The number of ether oxygens (including phenoxy) is 1. The summed E-state index contributed by atoms with van der Waals surface area (Å²) in [5.74, 6) is 0.701. The molecule has 0 unspecified atom stereocenters. The molecule has 2 amide bonds. The van der Waals surface area contributed by atoms with Gasteiger partial charge < -0.3 is 15.0 Å². The molecule has 0 radical (unpaired) electrons. The van der Waals surface area contributed by atoms with Crippen LogP contribution in [0.1, 0.15) is 21.5 Å². The third kappa shape index (κ3) is 3.30. The molecule has 0 bridgehead atoms. The third-order valence-corrected chi connectivity index (χ3v) is 3.93. The molecule has 0 spiro atoms. The number of hydrogen-bond acceptors (Lipinski definition) is 3. The van der Waals surface area contributed by atoms with E-state index in [-0.39, 0.29) is 11.8 Å². The van der Waals surface area contributed by atoms with Gasteiger partial charge in [-0.2, -0.15) is 0 Å². The van der Waals surface area contributed by atoms with Gasteiger partial charge in [0, 0.05) is 24.8 Å². The van der Waals surface area contributed by atoms with Gasteiger partial charge in [0.05, 0.1) is 7.11 Å². The number of carbonyl (C=O) groups is 2. The molecule has 3 rings (SSSR count). The van der Waals surface area contributed by atoms with Gasteiger partial charge in [0.1, 0.15) is 5.75 Å². The largest absolute Gasteiger partial charge is 0.497 e. The Morgan fingerprint density at radius 3 is 2.67 bits per heavy atom. The Hall–Kier alpha value is -3.08. The second kappa shape index (κ2) is 6.58. The zero-order valence-corrected chi connectivity index (χ0v) is 13.6. The summed E-state index contributed by atoms with van der Waals surface area (Å²) in [6, 6.07) is 12.7. The quantitative estimate of drug-likeness (QED) is 0.691. The summed E-state index contributed by atoms with van der Waals surface area (Å²) in [6.07, 6.45) is 3.32. The molecule has 2 aromatic rings. The van der Waals surface area contributed by atoms with E-state index in [1.165, 1.54) is 0 Å². The lowest BCUT2D eigenvalue weighted by Crippen LogP contribution is -2.35. The summed E-state index contributed by atoms with van der Waals surface area (Å²) in [5.41, 5.74) is 3.21. The van der Waals surface area contributed by atoms with Crippen molar-refractivity contribution in [1.82, 2.24) is 4.90 Å². The summed E-state index contributed by atoms with van der Waals surface area (Å²) in [6.45, 7) is 0.491. The molecule has 0 fully saturated rings. The highest BCUT2D eigenvalue weighted by Crippen LogP contribution is 2.24. The van der Waals surface area contributed by atoms with Crippen LogP contribution in [0, 0.1) is 0 Å². The minimum Gasteiger partial charge on any atom is -0.497 e. The van der Waals surface area contributed by atoms with Gasteiger partial charge in [-0.25, -0.2) is 4.79 Å². The molecule has 1 aliphatic rings. The van der Waals surface area contributed by atoms with Crippen molar-refractivity contribution >= 4 is 23.6 Å². The molecule has 2 aromatic carbocycles. The molecule has 1 heterocycles. The van der Waals surface area contributed by atoms with Gasteiger partial charge in [-0.15, -0.1) is 0 Å². The molecular formula is C19H18N2O3. The lowest BCUT2D eigenvalue weighted by molar-refractivity contribution is 0.104. The normalized spacial score (nSPS) is 13.6. The van der Waals surface area contributed by atoms with Crippen LogP contribution in [0.4, 0.5) is 10.5 Å². The molecule has 5 nitrogen and oxygen atoms in total. The first-order chi connectivity index (χ1) is 11.6. The number of urea groups is 1. The van der Waals surface area contributed by atoms with E-state index in [1.807, 2.05) is 30.3 Å². The fraction of sp³-hybridized carbons (Fsp3) is 0.158. The van der Waals surface area contributed by atoms with Crippen LogP contribution in [0.15, 0.2) is 48.5 Å². The number of nitrogens with one attached hydrogen (secondary N) is 1. The van der Waals surface area contributed by atoms with Crippen molar-refractivity contribution < 1.29 is 14.3 Å². The van der Waals surface area contributed by atoms with E-state index in [2.05, 4.69) is 5.32 Å². The second-order valence-corrected chi connectivity index (χ2v) is 5.63. The lowest BCUT2D eigenvalue weighted by Gasteiger charge is -2.26. The molecular weight excluding hydrogens is 304 g/mol. The van der Waals surface area contributed by atoms with Crippen LogP contribution in [0.5, 0.6) is 5.75 Å². The van der Waals surface area contributed by atoms with Crippen molar-refractivity contribution in [2.75, 3.05) is 19.5 Å². The number of nitrogens with zero attached hydrogens (tertiary/aromatic N) is 1. The topological polar surface area (TPSA) is 58.6 Å². The second-order valence-electron chi connectivity index (χ2n) is 5.63. The van der Waals surface area contributed by atoms with Crippen LogP contribution in [-0.4, -0.2) is 30.9 Å².